The van der Waals surface area contributed by atoms with Crippen LogP contribution in [0.5, 0.6) is 0 Å². The number of aryl methyl sites for hydroxylation is 2. The van der Waals surface area contributed by atoms with Gasteiger partial charge in [-0.05, 0) is 32.1 Å². The molecule has 0 radical (unpaired) electrons. The van der Waals surface area contributed by atoms with E-state index in [4.69, 9.17) is 0 Å². The molecule has 0 amide bonds. The van der Waals surface area contributed by atoms with Crippen molar-refractivity contribution < 1.29 is 0 Å². The number of nitrogens with one attached hydrogen (secondary N) is 1. The van der Waals surface area contributed by atoms with Crippen molar-refractivity contribution in [3.05, 3.63) is 11.9 Å². The minimum Gasteiger partial charge on any atom is -0.353 e. The maximum Gasteiger partial charge on any atom is 0.203 e. The predicted octanol–water partition coefficient (Wildman–Crippen LogP) is 4.37. The van der Waals surface area contributed by atoms with Gasteiger partial charge in [-0.3, -0.25) is 0 Å². The van der Waals surface area contributed by atoms with Crippen LogP contribution in [-0.4, -0.2) is 15.6 Å². The number of anilines is 1. The van der Waals surface area contributed by atoms with Crippen molar-refractivity contribution in [1.29, 1.82) is 0 Å². The molecule has 2 unspecified atom stereocenters. The van der Waals surface area contributed by atoms with Crippen LogP contribution in [0.1, 0.15) is 64.5 Å². The molecular formula is C16H29N3. The van der Waals surface area contributed by atoms with Crippen molar-refractivity contribution in [3.63, 3.8) is 0 Å². The van der Waals surface area contributed by atoms with Gasteiger partial charge in [0.1, 0.15) is 0 Å². The van der Waals surface area contributed by atoms with E-state index in [0.717, 1.165) is 24.1 Å². The molecule has 2 rings (SSSR count). The minimum atomic E-state index is 0.626. The first-order valence-corrected chi connectivity index (χ1v) is 8.03. The molecule has 108 valence electrons. The fourth-order valence-corrected chi connectivity index (χ4v) is 3.14. The molecule has 0 spiro atoms. The first-order chi connectivity index (χ1) is 9.22. The Bertz CT molecular complexity index is 383. The first kappa shape index (κ1) is 14.4. The molecule has 19 heavy (non-hydrogen) atoms. The molecule has 1 aromatic rings. The van der Waals surface area contributed by atoms with Crippen LogP contribution in [0.2, 0.25) is 0 Å². The zero-order valence-electron chi connectivity index (χ0n) is 12.8. The Kier molecular flexibility index (Phi) is 5.29. The molecular weight excluding hydrogens is 234 g/mol. The van der Waals surface area contributed by atoms with Crippen LogP contribution in [0.3, 0.4) is 0 Å². The van der Waals surface area contributed by atoms with Gasteiger partial charge in [0.15, 0.2) is 0 Å². The molecule has 1 heterocycles. The normalized spacial score (nSPS) is 23.5. The summed E-state index contributed by atoms with van der Waals surface area (Å²) in [5, 5.41) is 3.70. The Morgan fingerprint density at radius 2 is 2.21 bits per heavy atom. The van der Waals surface area contributed by atoms with Crippen LogP contribution < -0.4 is 5.32 Å². The Morgan fingerprint density at radius 3 is 2.95 bits per heavy atom. The average Bonchev–Trinajstić information content (AvgIpc) is 2.76. The third-order valence-corrected chi connectivity index (χ3v) is 4.34. The highest BCUT2D eigenvalue weighted by Crippen LogP contribution is 2.28. The van der Waals surface area contributed by atoms with Gasteiger partial charge in [-0.2, -0.15) is 0 Å². The van der Waals surface area contributed by atoms with Gasteiger partial charge in [-0.15, -0.1) is 0 Å². The van der Waals surface area contributed by atoms with E-state index in [1.54, 1.807) is 0 Å². The Hall–Kier alpha value is -0.990. The quantitative estimate of drug-likeness (QED) is 0.825. The topological polar surface area (TPSA) is 29.9 Å². The molecule has 0 saturated heterocycles. The fraction of sp³-hybridized carbons (Fsp3) is 0.812. The summed E-state index contributed by atoms with van der Waals surface area (Å²) in [5.41, 5.74) is 1.13. The third kappa shape index (κ3) is 3.99. The van der Waals surface area contributed by atoms with E-state index in [9.17, 15) is 0 Å². The van der Waals surface area contributed by atoms with Crippen LogP contribution in [0.25, 0.3) is 0 Å². The van der Waals surface area contributed by atoms with Gasteiger partial charge in [-0.1, -0.05) is 39.5 Å². The van der Waals surface area contributed by atoms with E-state index in [0.29, 0.717) is 6.04 Å². The molecule has 3 nitrogen and oxygen atoms in total. The molecule has 0 bridgehead atoms. The summed E-state index contributed by atoms with van der Waals surface area (Å²) >= 11 is 0. The summed E-state index contributed by atoms with van der Waals surface area (Å²) < 4.78 is 2.30. The summed E-state index contributed by atoms with van der Waals surface area (Å²) in [4.78, 5) is 4.66. The lowest BCUT2D eigenvalue weighted by atomic mass is 9.84. The second kappa shape index (κ2) is 6.97. The van der Waals surface area contributed by atoms with Crippen LogP contribution >= 0.6 is 0 Å². The monoisotopic (exact) mass is 263 g/mol. The zero-order valence-corrected chi connectivity index (χ0v) is 12.8. The molecule has 1 N–H and O–H groups in total. The van der Waals surface area contributed by atoms with Gasteiger partial charge < -0.3 is 9.88 Å². The van der Waals surface area contributed by atoms with Gasteiger partial charge in [0.05, 0.1) is 5.69 Å². The van der Waals surface area contributed by atoms with Gasteiger partial charge in [-0.25, -0.2) is 4.98 Å². The van der Waals surface area contributed by atoms with Gasteiger partial charge in [0, 0.05) is 18.8 Å². The van der Waals surface area contributed by atoms with Crippen molar-refractivity contribution >= 4 is 5.95 Å². The van der Waals surface area contributed by atoms with E-state index in [1.165, 1.54) is 44.9 Å². The smallest absolute Gasteiger partial charge is 0.203 e. The van der Waals surface area contributed by atoms with E-state index < -0.39 is 0 Å². The lowest BCUT2D eigenvalue weighted by Crippen LogP contribution is -2.28. The van der Waals surface area contributed by atoms with Crippen molar-refractivity contribution in [2.45, 2.75) is 78.3 Å². The largest absolute Gasteiger partial charge is 0.353 e. The number of nitrogens with zero attached hydrogens (tertiary/aromatic N) is 2. The van der Waals surface area contributed by atoms with E-state index in [-0.39, 0.29) is 0 Å². The second-order valence-corrected chi connectivity index (χ2v) is 6.03. The van der Waals surface area contributed by atoms with E-state index in [2.05, 4.69) is 41.8 Å². The van der Waals surface area contributed by atoms with Crippen LogP contribution in [0.4, 0.5) is 5.95 Å². The summed E-state index contributed by atoms with van der Waals surface area (Å²) in [6.07, 6.45) is 11.4. The molecule has 1 aliphatic carbocycles. The molecule has 0 aliphatic heterocycles. The Balaban J connectivity index is 1.97. The lowest BCUT2D eigenvalue weighted by Gasteiger charge is -2.29. The maximum atomic E-state index is 4.66. The van der Waals surface area contributed by atoms with Crippen molar-refractivity contribution in [1.82, 2.24) is 9.55 Å². The van der Waals surface area contributed by atoms with Crippen molar-refractivity contribution in [2.24, 2.45) is 5.92 Å². The highest BCUT2D eigenvalue weighted by atomic mass is 15.2. The predicted molar refractivity (Wildman–Crippen MR) is 81.5 cm³/mol. The maximum absolute atomic E-state index is 4.66. The average molecular weight is 263 g/mol. The molecule has 1 fully saturated rings. The van der Waals surface area contributed by atoms with Gasteiger partial charge in [0.2, 0.25) is 5.95 Å². The highest BCUT2D eigenvalue weighted by molar-refractivity contribution is 5.30. The minimum absolute atomic E-state index is 0.626. The molecule has 0 aromatic carbocycles. The molecule has 1 saturated carbocycles. The fourth-order valence-electron chi connectivity index (χ4n) is 3.14. The number of hydrogen-bond acceptors (Lipinski definition) is 2. The molecule has 2 atom stereocenters. The van der Waals surface area contributed by atoms with E-state index >= 15 is 0 Å². The number of imidazole rings is 1. The van der Waals surface area contributed by atoms with Crippen LogP contribution in [0.15, 0.2) is 6.20 Å². The van der Waals surface area contributed by atoms with Gasteiger partial charge >= 0.3 is 0 Å². The number of hydrogen-bond donors (Lipinski definition) is 1. The zero-order chi connectivity index (χ0) is 13.7. The number of aromatic nitrogens is 2. The van der Waals surface area contributed by atoms with Crippen LogP contribution in [0, 0.1) is 12.8 Å². The SMILES string of the molecule is CCCCn1cc(C)nc1NC1CCCC(CC)C1. The van der Waals surface area contributed by atoms with E-state index in [1.807, 2.05) is 0 Å². The Morgan fingerprint density at radius 1 is 1.37 bits per heavy atom. The van der Waals surface area contributed by atoms with Gasteiger partial charge in [0.25, 0.3) is 0 Å². The number of rotatable bonds is 6. The Labute approximate surface area is 117 Å². The standard InChI is InChI=1S/C16H29N3/c1-4-6-10-19-12-13(3)17-16(19)18-15-9-7-8-14(5-2)11-15/h12,14-15H,4-11H2,1-3H3,(H,17,18). The van der Waals surface area contributed by atoms with Crippen molar-refractivity contribution in [2.75, 3.05) is 5.32 Å². The van der Waals surface area contributed by atoms with Crippen molar-refractivity contribution in [3.8, 4) is 0 Å². The summed E-state index contributed by atoms with van der Waals surface area (Å²) in [5.74, 6) is 2.00. The summed E-state index contributed by atoms with van der Waals surface area (Å²) in [6, 6.07) is 0.626. The second-order valence-electron chi connectivity index (χ2n) is 6.03. The first-order valence-electron chi connectivity index (χ1n) is 8.03. The summed E-state index contributed by atoms with van der Waals surface area (Å²) in [7, 11) is 0. The highest BCUT2D eigenvalue weighted by Gasteiger charge is 2.21. The number of unbranched alkanes of at least 4 members (excludes halogenated alkanes) is 1. The van der Waals surface area contributed by atoms with Crippen LogP contribution in [-0.2, 0) is 6.54 Å². The molecule has 3 heteroatoms. The lowest BCUT2D eigenvalue weighted by molar-refractivity contribution is 0.326. The third-order valence-electron chi connectivity index (χ3n) is 4.34. The summed E-state index contributed by atoms with van der Waals surface area (Å²) in [6.45, 7) is 7.73. The molecule has 1 aromatic heterocycles. The molecule has 1 aliphatic rings.